The highest BCUT2D eigenvalue weighted by atomic mass is 35.5. The lowest BCUT2D eigenvalue weighted by Crippen LogP contribution is -1.84. The van der Waals surface area contributed by atoms with E-state index in [1.54, 1.807) is 7.11 Å². The van der Waals surface area contributed by atoms with Crippen molar-refractivity contribution >= 4 is 11.6 Å². The molecule has 0 aromatic rings. The number of hydrogen-bond acceptors (Lipinski definition) is 1. The Morgan fingerprint density at radius 2 is 2.43 bits per heavy atom. The first kappa shape index (κ1) is 6.83. The number of allylic oxidation sites excluding steroid dienone is 2. The summed E-state index contributed by atoms with van der Waals surface area (Å²) in [5.41, 5.74) is 0. The van der Waals surface area contributed by atoms with E-state index >= 15 is 0 Å². The Labute approximate surface area is 48.9 Å². The maximum absolute atomic E-state index is 5.37. The fourth-order valence-corrected chi connectivity index (χ4v) is 0.513. The molecule has 0 amide bonds. The molecule has 0 radical (unpaired) electrons. The van der Waals surface area contributed by atoms with Crippen LogP contribution in [0.1, 0.15) is 6.92 Å². The predicted molar refractivity (Wildman–Crippen MR) is 31.5 cm³/mol. The number of halogens is 1. The van der Waals surface area contributed by atoms with Gasteiger partial charge in [0.15, 0.2) is 0 Å². The lowest BCUT2D eigenvalue weighted by Gasteiger charge is -1.96. The average Bonchev–Trinajstić information content (AvgIpc) is 1.72. The van der Waals surface area contributed by atoms with Gasteiger partial charge >= 0.3 is 0 Å². The summed E-state index contributed by atoms with van der Waals surface area (Å²) in [6, 6.07) is 0. The van der Waals surface area contributed by atoms with Crippen molar-refractivity contribution in [3.05, 3.63) is 11.8 Å². The van der Waals surface area contributed by atoms with Gasteiger partial charge in [-0.15, -0.1) is 11.6 Å². The Balaban J connectivity index is 3.38. The molecule has 7 heavy (non-hydrogen) atoms. The van der Waals surface area contributed by atoms with Gasteiger partial charge in [-0.1, -0.05) is 0 Å². The molecule has 2 heteroatoms. The summed E-state index contributed by atoms with van der Waals surface area (Å²) >= 11 is 5.37. The minimum Gasteiger partial charge on any atom is -0.500 e. The predicted octanol–water partition coefficient (Wildman–Crippen LogP) is 1.78. The van der Waals surface area contributed by atoms with E-state index in [0.717, 1.165) is 5.76 Å². The molecule has 0 spiro atoms. The molecule has 0 aromatic carbocycles. The van der Waals surface area contributed by atoms with Crippen LogP contribution in [0.2, 0.25) is 0 Å². The van der Waals surface area contributed by atoms with Gasteiger partial charge in [0.05, 0.1) is 13.0 Å². The lowest BCUT2D eigenvalue weighted by atomic mass is 10.5. The largest absolute Gasteiger partial charge is 0.500 e. The second-order valence-electron chi connectivity index (χ2n) is 1.09. The van der Waals surface area contributed by atoms with Crippen LogP contribution in [0.4, 0.5) is 0 Å². The Morgan fingerprint density at radius 3 is 2.43 bits per heavy atom. The standard InChI is InChI=1S/C5H9ClO/c1-3-5(4-6)7-2/h3H,4H2,1-2H3. The van der Waals surface area contributed by atoms with Crippen LogP contribution in [-0.2, 0) is 4.74 Å². The van der Waals surface area contributed by atoms with Gasteiger partial charge in [0.1, 0.15) is 5.76 Å². The quantitative estimate of drug-likeness (QED) is 0.399. The fourth-order valence-electron chi connectivity index (χ4n) is 0.250. The first-order chi connectivity index (χ1) is 3.35. The topological polar surface area (TPSA) is 9.23 Å². The first-order valence-corrected chi connectivity index (χ1v) is 2.63. The molecule has 0 aliphatic heterocycles. The second-order valence-corrected chi connectivity index (χ2v) is 1.36. The van der Waals surface area contributed by atoms with Crippen molar-refractivity contribution in [2.75, 3.05) is 13.0 Å². The van der Waals surface area contributed by atoms with Crippen LogP contribution in [-0.4, -0.2) is 13.0 Å². The van der Waals surface area contributed by atoms with E-state index in [1.165, 1.54) is 0 Å². The van der Waals surface area contributed by atoms with Gasteiger partial charge in [-0.25, -0.2) is 0 Å². The third kappa shape index (κ3) is 2.52. The van der Waals surface area contributed by atoms with Gasteiger partial charge in [-0.3, -0.25) is 0 Å². The normalized spacial score (nSPS) is 11.6. The van der Waals surface area contributed by atoms with Crippen molar-refractivity contribution in [1.29, 1.82) is 0 Å². The molecule has 0 saturated heterocycles. The van der Waals surface area contributed by atoms with Crippen LogP contribution in [0, 0.1) is 0 Å². The average molecular weight is 121 g/mol. The summed E-state index contributed by atoms with van der Waals surface area (Å²) in [7, 11) is 1.61. The van der Waals surface area contributed by atoms with Gasteiger partial charge in [0.2, 0.25) is 0 Å². The third-order valence-electron chi connectivity index (χ3n) is 0.716. The van der Waals surface area contributed by atoms with Crippen molar-refractivity contribution in [1.82, 2.24) is 0 Å². The molecule has 0 unspecified atom stereocenters. The van der Waals surface area contributed by atoms with E-state index in [2.05, 4.69) is 0 Å². The van der Waals surface area contributed by atoms with E-state index in [4.69, 9.17) is 16.3 Å². The molecule has 0 aliphatic rings. The number of ether oxygens (including phenoxy) is 1. The zero-order valence-corrected chi connectivity index (χ0v) is 5.33. The molecule has 0 saturated carbocycles. The fraction of sp³-hybridized carbons (Fsp3) is 0.600. The molecule has 0 heterocycles. The minimum atomic E-state index is 0.465. The van der Waals surface area contributed by atoms with Gasteiger partial charge in [-0.05, 0) is 13.0 Å². The Kier molecular flexibility index (Phi) is 3.90. The summed E-state index contributed by atoms with van der Waals surface area (Å²) in [4.78, 5) is 0. The summed E-state index contributed by atoms with van der Waals surface area (Å²) in [6.45, 7) is 1.89. The molecule has 42 valence electrons. The maximum atomic E-state index is 5.37. The van der Waals surface area contributed by atoms with Crippen LogP contribution >= 0.6 is 11.6 Å². The van der Waals surface area contributed by atoms with E-state index < -0.39 is 0 Å². The van der Waals surface area contributed by atoms with Gasteiger partial charge in [0, 0.05) is 0 Å². The van der Waals surface area contributed by atoms with Crippen molar-refractivity contribution < 1.29 is 4.74 Å². The first-order valence-electron chi connectivity index (χ1n) is 2.10. The summed E-state index contributed by atoms with van der Waals surface area (Å²) in [5, 5.41) is 0. The molecule has 0 aliphatic carbocycles. The van der Waals surface area contributed by atoms with Crippen LogP contribution < -0.4 is 0 Å². The zero-order chi connectivity index (χ0) is 5.70. The molecule has 0 aromatic heterocycles. The highest BCUT2D eigenvalue weighted by Crippen LogP contribution is 1.95. The second kappa shape index (κ2) is 4.00. The molecular formula is C5H9ClO. The van der Waals surface area contributed by atoms with Gasteiger partial charge in [0.25, 0.3) is 0 Å². The van der Waals surface area contributed by atoms with E-state index in [0.29, 0.717) is 5.88 Å². The van der Waals surface area contributed by atoms with Crippen molar-refractivity contribution in [2.24, 2.45) is 0 Å². The molecule has 0 atom stereocenters. The molecule has 0 fully saturated rings. The van der Waals surface area contributed by atoms with Crippen molar-refractivity contribution in [2.45, 2.75) is 6.92 Å². The highest BCUT2D eigenvalue weighted by Gasteiger charge is 1.84. The van der Waals surface area contributed by atoms with Crippen LogP contribution in [0.5, 0.6) is 0 Å². The van der Waals surface area contributed by atoms with Crippen LogP contribution in [0.3, 0.4) is 0 Å². The summed E-state index contributed by atoms with van der Waals surface area (Å²) < 4.78 is 4.78. The number of rotatable bonds is 2. The smallest absolute Gasteiger partial charge is 0.106 e. The molecule has 0 bridgehead atoms. The molecule has 0 rings (SSSR count). The van der Waals surface area contributed by atoms with Crippen LogP contribution in [0.15, 0.2) is 11.8 Å². The highest BCUT2D eigenvalue weighted by molar-refractivity contribution is 6.19. The van der Waals surface area contributed by atoms with Crippen molar-refractivity contribution in [3.63, 3.8) is 0 Å². The number of methoxy groups -OCH3 is 1. The Morgan fingerprint density at radius 1 is 1.86 bits per heavy atom. The van der Waals surface area contributed by atoms with Gasteiger partial charge < -0.3 is 4.74 Å². The number of alkyl halides is 1. The lowest BCUT2D eigenvalue weighted by molar-refractivity contribution is 0.294. The summed E-state index contributed by atoms with van der Waals surface area (Å²) in [5.74, 6) is 1.29. The van der Waals surface area contributed by atoms with E-state index in [9.17, 15) is 0 Å². The van der Waals surface area contributed by atoms with Crippen molar-refractivity contribution in [3.8, 4) is 0 Å². The zero-order valence-electron chi connectivity index (χ0n) is 4.57. The Bertz CT molecular complexity index is 62.5. The third-order valence-corrected chi connectivity index (χ3v) is 0.979. The Hall–Kier alpha value is -0.170. The SMILES string of the molecule is CC=C(CCl)OC. The number of hydrogen-bond donors (Lipinski definition) is 0. The van der Waals surface area contributed by atoms with Gasteiger partial charge in [-0.2, -0.15) is 0 Å². The maximum Gasteiger partial charge on any atom is 0.106 e. The molecule has 1 nitrogen and oxygen atoms in total. The minimum absolute atomic E-state index is 0.465. The monoisotopic (exact) mass is 120 g/mol. The molecule has 0 N–H and O–H groups in total. The summed E-state index contributed by atoms with van der Waals surface area (Å²) in [6.07, 6.45) is 1.84. The molecular weight excluding hydrogens is 112 g/mol. The van der Waals surface area contributed by atoms with Crippen LogP contribution in [0.25, 0.3) is 0 Å². The van der Waals surface area contributed by atoms with E-state index in [-0.39, 0.29) is 0 Å². The van der Waals surface area contributed by atoms with E-state index in [1.807, 2.05) is 13.0 Å².